The third kappa shape index (κ3) is 2.63. The molecule has 0 aliphatic heterocycles. The zero-order valence-corrected chi connectivity index (χ0v) is 11.1. The van der Waals surface area contributed by atoms with Crippen LogP contribution in [0.3, 0.4) is 0 Å². The van der Waals surface area contributed by atoms with E-state index in [-0.39, 0.29) is 0 Å². The van der Waals surface area contributed by atoms with Crippen molar-refractivity contribution in [3.63, 3.8) is 0 Å². The molecule has 3 nitrogen and oxygen atoms in total. The van der Waals surface area contributed by atoms with E-state index in [1.165, 1.54) is 10.9 Å². The minimum Gasteiger partial charge on any atom is -0.459 e. The number of likely N-dealkylation sites (N-methyl/N-ethyl adjacent to an activating group) is 1. The average molecular weight is 244 g/mol. The van der Waals surface area contributed by atoms with Crippen LogP contribution in [-0.2, 0) is 13.1 Å². The van der Waals surface area contributed by atoms with Crippen LogP contribution in [0.15, 0.2) is 41.3 Å². The van der Waals surface area contributed by atoms with Gasteiger partial charge >= 0.3 is 0 Å². The van der Waals surface area contributed by atoms with Gasteiger partial charge in [0.1, 0.15) is 11.3 Å². The molecule has 0 fully saturated rings. The van der Waals surface area contributed by atoms with Crippen LogP contribution < -0.4 is 5.32 Å². The molecule has 1 aromatic heterocycles. The Morgan fingerprint density at radius 1 is 1.39 bits per heavy atom. The van der Waals surface area contributed by atoms with Crippen molar-refractivity contribution in [1.29, 1.82) is 0 Å². The quantitative estimate of drug-likeness (QED) is 0.792. The Morgan fingerprint density at radius 2 is 2.17 bits per heavy atom. The van der Waals surface area contributed by atoms with Gasteiger partial charge in [-0.2, -0.15) is 0 Å². The molecule has 0 saturated heterocycles. The number of furan rings is 1. The lowest BCUT2D eigenvalue weighted by Gasteiger charge is -2.14. The Balaban J connectivity index is 2.38. The van der Waals surface area contributed by atoms with Crippen LogP contribution in [0.2, 0.25) is 0 Å². The fraction of sp³-hybridized carbons (Fsp3) is 0.333. The predicted molar refractivity (Wildman–Crippen MR) is 75.5 cm³/mol. The summed E-state index contributed by atoms with van der Waals surface area (Å²) >= 11 is 0. The second-order valence-electron chi connectivity index (χ2n) is 4.52. The molecular weight excluding hydrogens is 224 g/mol. The van der Waals surface area contributed by atoms with Crippen molar-refractivity contribution in [3.8, 4) is 0 Å². The SMILES string of the molecule is C=CCN(C)Cc1c(CNC)oc2ccccc12. The number of fused-ring (bicyclic) bond motifs is 1. The first-order valence-corrected chi connectivity index (χ1v) is 6.19. The predicted octanol–water partition coefficient (Wildman–Crippen LogP) is 2.77. The molecule has 0 unspecified atom stereocenters. The standard InChI is InChI=1S/C15H20N2O/c1-4-9-17(3)11-13-12-7-5-6-8-14(12)18-15(13)10-16-2/h4-8,16H,1,9-11H2,2-3H3. The molecular formula is C15H20N2O. The Hall–Kier alpha value is -1.58. The normalized spacial score (nSPS) is 11.3. The molecule has 96 valence electrons. The minimum atomic E-state index is 0.756. The second kappa shape index (κ2) is 5.85. The van der Waals surface area contributed by atoms with Crippen LogP contribution >= 0.6 is 0 Å². The van der Waals surface area contributed by atoms with Crippen LogP contribution in [-0.4, -0.2) is 25.5 Å². The monoisotopic (exact) mass is 244 g/mol. The highest BCUT2D eigenvalue weighted by Crippen LogP contribution is 2.26. The van der Waals surface area contributed by atoms with Gasteiger partial charge in [-0.1, -0.05) is 24.3 Å². The van der Waals surface area contributed by atoms with Gasteiger partial charge in [-0.25, -0.2) is 0 Å². The third-order valence-electron chi connectivity index (χ3n) is 2.99. The molecule has 0 amide bonds. The topological polar surface area (TPSA) is 28.4 Å². The molecule has 0 saturated carbocycles. The molecule has 1 aromatic carbocycles. The summed E-state index contributed by atoms with van der Waals surface area (Å²) in [4.78, 5) is 2.23. The van der Waals surface area contributed by atoms with Gasteiger partial charge in [0.05, 0.1) is 6.54 Å². The van der Waals surface area contributed by atoms with Crippen molar-refractivity contribution in [2.75, 3.05) is 20.6 Å². The van der Waals surface area contributed by atoms with E-state index in [1.807, 2.05) is 25.3 Å². The number of hydrogen-bond acceptors (Lipinski definition) is 3. The van der Waals surface area contributed by atoms with Crippen molar-refractivity contribution in [2.45, 2.75) is 13.1 Å². The van der Waals surface area contributed by atoms with Crippen molar-refractivity contribution in [1.82, 2.24) is 10.2 Å². The van der Waals surface area contributed by atoms with Gasteiger partial charge in [0.15, 0.2) is 0 Å². The summed E-state index contributed by atoms with van der Waals surface area (Å²) in [7, 11) is 4.02. The van der Waals surface area contributed by atoms with Gasteiger partial charge in [-0.05, 0) is 20.2 Å². The van der Waals surface area contributed by atoms with Gasteiger partial charge in [0, 0.05) is 24.0 Å². The lowest BCUT2D eigenvalue weighted by atomic mass is 10.1. The number of nitrogens with zero attached hydrogens (tertiary/aromatic N) is 1. The highest BCUT2D eigenvalue weighted by Gasteiger charge is 2.14. The van der Waals surface area contributed by atoms with E-state index >= 15 is 0 Å². The van der Waals surface area contributed by atoms with E-state index < -0.39 is 0 Å². The van der Waals surface area contributed by atoms with Crippen molar-refractivity contribution in [2.24, 2.45) is 0 Å². The molecule has 0 spiro atoms. The molecule has 1 heterocycles. The van der Waals surface area contributed by atoms with Crippen LogP contribution in [0.25, 0.3) is 11.0 Å². The summed E-state index contributed by atoms with van der Waals surface area (Å²) < 4.78 is 5.90. The number of hydrogen-bond donors (Lipinski definition) is 1. The Bertz CT molecular complexity index is 530. The Morgan fingerprint density at radius 3 is 2.89 bits per heavy atom. The van der Waals surface area contributed by atoms with Crippen molar-refractivity contribution < 1.29 is 4.42 Å². The lowest BCUT2D eigenvalue weighted by Crippen LogP contribution is -2.18. The van der Waals surface area contributed by atoms with Gasteiger partial charge in [-0.15, -0.1) is 6.58 Å². The van der Waals surface area contributed by atoms with E-state index in [1.54, 1.807) is 0 Å². The maximum absolute atomic E-state index is 5.90. The largest absolute Gasteiger partial charge is 0.459 e. The molecule has 0 aliphatic rings. The smallest absolute Gasteiger partial charge is 0.134 e. The van der Waals surface area contributed by atoms with Crippen LogP contribution in [0.1, 0.15) is 11.3 Å². The summed E-state index contributed by atoms with van der Waals surface area (Å²) in [5, 5.41) is 4.37. The number of benzene rings is 1. The minimum absolute atomic E-state index is 0.756. The molecule has 2 aromatic rings. The maximum atomic E-state index is 5.90. The van der Waals surface area contributed by atoms with Crippen molar-refractivity contribution >= 4 is 11.0 Å². The van der Waals surface area contributed by atoms with E-state index in [0.29, 0.717) is 0 Å². The van der Waals surface area contributed by atoms with Gasteiger partial charge in [0.25, 0.3) is 0 Å². The number of para-hydroxylation sites is 1. The second-order valence-corrected chi connectivity index (χ2v) is 4.52. The third-order valence-corrected chi connectivity index (χ3v) is 2.99. The van der Waals surface area contributed by atoms with E-state index in [9.17, 15) is 0 Å². The van der Waals surface area contributed by atoms with Crippen LogP contribution in [0.5, 0.6) is 0 Å². The fourth-order valence-corrected chi connectivity index (χ4v) is 2.18. The number of nitrogens with one attached hydrogen (secondary N) is 1. The van der Waals surface area contributed by atoms with Crippen LogP contribution in [0.4, 0.5) is 0 Å². The molecule has 0 aliphatic carbocycles. The first kappa shape index (κ1) is 12.9. The van der Waals surface area contributed by atoms with E-state index in [2.05, 4.69) is 36.0 Å². The summed E-state index contributed by atoms with van der Waals surface area (Å²) in [6.07, 6.45) is 1.92. The molecule has 0 radical (unpaired) electrons. The summed E-state index contributed by atoms with van der Waals surface area (Å²) in [5.74, 6) is 1.02. The molecule has 0 atom stereocenters. The summed E-state index contributed by atoms with van der Waals surface area (Å²) in [6.45, 7) is 6.28. The number of rotatable bonds is 6. The van der Waals surface area contributed by atoms with Gasteiger partial charge < -0.3 is 9.73 Å². The van der Waals surface area contributed by atoms with E-state index in [0.717, 1.165) is 31.0 Å². The molecule has 0 bridgehead atoms. The van der Waals surface area contributed by atoms with Crippen LogP contribution in [0, 0.1) is 0 Å². The molecule has 3 heteroatoms. The van der Waals surface area contributed by atoms with E-state index in [4.69, 9.17) is 4.42 Å². The Labute approximate surface area is 108 Å². The Kier molecular flexibility index (Phi) is 4.18. The van der Waals surface area contributed by atoms with Gasteiger partial charge in [-0.3, -0.25) is 4.90 Å². The van der Waals surface area contributed by atoms with Crippen molar-refractivity contribution in [3.05, 3.63) is 48.2 Å². The highest BCUT2D eigenvalue weighted by molar-refractivity contribution is 5.82. The summed E-state index contributed by atoms with van der Waals surface area (Å²) in [6, 6.07) is 8.20. The fourth-order valence-electron chi connectivity index (χ4n) is 2.18. The molecule has 1 N–H and O–H groups in total. The highest BCUT2D eigenvalue weighted by atomic mass is 16.3. The zero-order chi connectivity index (χ0) is 13.0. The van der Waals surface area contributed by atoms with Gasteiger partial charge in [0.2, 0.25) is 0 Å². The first-order valence-electron chi connectivity index (χ1n) is 6.19. The maximum Gasteiger partial charge on any atom is 0.134 e. The zero-order valence-electron chi connectivity index (χ0n) is 11.1. The molecule has 18 heavy (non-hydrogen) atoms. The molecule has 2 rings (SSSR count). The lowest BCUT2D eigenvalue weighted by molar-refractivity contribution is 0.359. The first-order chi connectivity index (χ1) is 8.76. The summed E-state index contributed by atoms with van der Waals surface area (Å²) in [5.41, 5.74) is 2.23. The average Bonchev–Trinajstić information content (AvgIpc) is 2.69.